The minimum Gasteiger partial charge on any atom is -0.346 e. The van der Waals surface area contributed by atoms with E-state index < -0.39 is 0 Å². The Kier molecular flexibility index (Phi) is 6.57. The summed E-state index contributed by atoms with van der Waals surface area (Å²) in [6.07, 6.45) is 2.24. The van der Waals surface area contributed by atoms with E-state index in [1.54, 1.807) is 4.90 Å². The molecular weight excluding hydrogens is 236 g/mol. The molecule has 1 aromatic carbocycles. The molecule has 0 aliphatic rings. The Morgan fingerprint density at radius 1 is 1.26 bits per heavy atom. The number of hydrogen-bond donors (Lipinski definition) is 1. The van der Waals surface area contributed by atoms with Crippen LogP contribution in [0.5, 0.6) is 0 Å². The molecule has 0 bridgehead atoms. The van der Waals surface area contributed by atoms with E-state index in [9.17, 15) is 4.79 Å². The highest BCUT2D eigenvalue weighted by molar-refractivity contribution is 5.76. The summed E-state index contributed by atoms with van der Waals surface area (Å²) in [6, 6.07) is 10.3. The van der Waals surface area contributed by atoms with E-state index in [-0.39, 0.29) is 11.9 Å². The highest BCUT2D eigenvalue weighted by Crippen LogP contribution is 2.07. The van der Waals surface area contributed by atoms with Gasteiger partial charge in [-0.25, -0.2) is 0 Å². The van der Waals surface area contributed by atoms with Crippen LogP contribution >= 0.6 is 0 Å². The van der Waals surface area contributed by atoms with Gasteiger partial charge in [0.2, 0.25) is 5.91 Å². The first-order chi connectivity index (χ1) is 9.00. The Labute approximate surface area is 116 Å². The standard InChI is InChI=1S/C16H26N2O/c1-13(2)15(17)11-12-18(3)16(19)10-9-14-7-5-4-6-8-14/h4-8,13,15H,9-12,17H2,1-3H3. The third-order valence-electron chi connectivity index (χ3n) is 3.55. The van der Waals surface area contributed by atoms with Crippen molar-refractivity contribution < 1.29 is 4.79 Å². The van der Waals surface area contributed by atoms with Crippen molar-refractivity contribution in [2.24, 2.45) is 11.7 Å². The van der Waals surface area contributed by atoms with Crippen LogP contribution in [0.3, 0.4) is 0 Å². The first kappa shape index (κ1) is 15.7. The van der Waals surface area contributed by atoms with Crippen LogP contribution in [0.15, 0.2) is 30.3 Å². The molecule has 0 heterocycles. The van der Waals surface area contributed by atoms with E-state index in [1.807, 2.05) is 25.2 Å². The molecular formula is C16H26N2O. The lowest BCUT2D eigenvalue weighted by Gasteiger charge is -2.21. The summed E-state index contributed by atoms with van der Waals surface area (Å²) in [5.41, 5.74) is 7.20. The van der Waals surface area contributed by atoms with Crippen molar-refractivity contribution in [2.45, 2.75) is 39.2 Å². The van der Waals surface area contributed by atoms with Crippen molar-refractivity contribution in [1.82, 2.24) is 4.90 Å². The van der Waals surface area contributed by atoms with Gasteiger partial charge in [0.1, 0.15) is 0 Å². The minimum atomic E-state index is 0.171. The Bertz CT molecular complexity index is 376. The summed E-state index contributed by atoms with van der Waals surface area (Å²) in [5, 5.41) is 0. The molecule has 19 heavy (non-hydrogen) atoms. The van der Waals surface area contributed by atoms with E-state index in [1.165, 1.54) is 5.56 Å². The molecule has 0 saturated heterocycles. The van der Waals surface area contributed by atoms with E-state index in [2.05, 4.69) is 26.0 Å². The van der Waals surface area contributed by atoms with Gasteiger partial charge < -0.3 is 10.6 Å². The molecule has 1 amide bonds. The van der Waals surface area contributed by atoms with Crippen LogP contribution in [0.2, 0.25) is 0 Å². The molecule has 0 aliphatic carbocycles. The second-order valence-electron chi connectivity index (χ2n) is 5.50. The SMILES string of the molecule is CC(C)C(N)CCN(C)C(=O)CCc1ccccc1. The lowest BCUT2D eigenvalue weighted by molar-refractivity contribution is -0.129. The van der Waals surface area contributed by atoms with Gasteiger partial charge in [-0.2, -0.15) is 0 Å². The zero-order chi connectivity index (χ0) is 14.3. The number of carbonyl (C=O) groups excluding carboxylic acids is 1. The first-order valence-electron chi connectivity index (χ1n) is 7.04. The third kappa shape index (κ3) is 5.88. The van der Waals surface area contributed by atoms with Crippen molar-refractivity contribution in [3.05, 3.63) is 35.9 Å². The van der Waals surface area contributed by atoms with Crippen molar-refractivity contribution in [1.29, 1.82) is 0 Å². The summed E-state index contributed by atoms with van der Waals surface area (Å²) in [6.45, 7) is 4.97. The fraction of sp³-hybridized carbons (Fsp3) is 0.562. The second kappa shape index (κ2) is 7.95. The molecule has 1 rings (SSSR count). The molecule has 0 aliphatic heterocycles. The zero-order valence-electron chi connectivity index (χ0n) is 12.3. The number of benzene rings is 1. The number of rotatable bonds is 7. The fourth-order valence-corrected chi connectivity index (χ4v) is 1.89. The summed E-state index contributed by atoms with van der Waals surface area (Å²) in [5.74, 6) is 0.660. The Morgan fingerprint density at radius 3 is 2.47 bits per heavy atom. The van der Waals surface area contributed by atoms with E-state index in [0.717, 1.165) is 19.4 Å². The number of aryl methyl sites for hydroxylation is 1. The maximum Gasteiger partial charge on any atom is 0.222 e. The van der Waals surface area contributed by atoms with Crippen LogP contribution in [0, 0.1) is 5.92 Å². The van der Waals surface area contributed by atoms with Gasteiger partial charge in [0.15, 0.2) is 0 Å². The van der Waals surface area contributed by atoms with Crippen molar-refractivity contribution in [2.75, 3.05) is 13.6 Å². The smallest absolute Gasteiger partial charge is 0.222 e. The van der Waals surface area contributed by atoms with Gasteiger partial charge in [0.05, 0.1) is 0 Å². The van der Waals surface area contributed by atoms with Crippen molar-refractivity contribution in [3.63, 3.8) is 0 Å². The molecule has 3 nitrogen and oxygen atoms in total. The quantitative estimate of drug-likeness (QED) is 0.820. The molecule has 0 spiro atoms. The predicted octanol–water partition coefficient (Wildman–Crippen LogP) is 2.45. The van der Waals surface area contributed by atoms with Gasteiger partial charge in [-0.1, -0.05) is 44.2 Å². The minimum absolute atomic E-state index is 0.171. The summed E-state index contributed by atoms with van der Waals surface area (Å²) in [7, 11) is 1.86. The largest absolute Gasteiger partial charge is 0.346 e. The molecule has 0 radical (unpaired) electrons. The monoisotopic (exact) mass is 262 g/mol. The highest BCUT2D eigenvalue weighted by Gasteiger charge is 2.12. The van der Waals surface area contributed by atoms with Crippen LogP contribution in [-0.4, -0.2) is 30.4 Å². The van der Waals surface area contributed by atoms with Gasteiger partial charge in [-0.3, -0.25) is 4.79 Å². The number of amides is 1. The topological polar surface area (TPSA) is 46.3 Å². The molecule has 2 N–H and O–H groups in total. The number of hydrogen-bond acceptors (Lipinski definition) is 2. The average Bonchev–Trinajstić information content (AvgIpc) is 2.42. The van der Waals surface area contributed by atoms with Gasteiger partial charge >= 0.3 is 0 Å². The Morgan fingerprint density at radius 2 is 1.89 bits per heavy atom. The second-order valence-corrected chi connectivity index (χ2v) is 5.50. The number of carbonyl (C=O) groups is 1. The molecule has 0 aromatic heterocycles. The summed E-state index contributed by atoms with van der Waals surface area (Å²) >= 11 is 0. The van der Waals surface area contributed by atoms with Crippen molar-refractivity contribution >= 4 is 5.91 Å². The van der Waals surface area contributed by atoms with Gasteiger partial charge in [-0.05, 0) is 24.3 Å². The summed E-state index contributed by atoms with van der Waals surface area (Å²) < 4.78 is 0. The van der Waals surface area contributed by atoms with Crippen molar-refractivity contribution in [3.8, 4) is 0 Å². The molecule has 0 saturated carbocycles. The van der Waals surface area contributed by atoms with E-state index >= 15 is 0 Å². The van der Waals surface area contributed by atoms with Crippen LogP contribution in [0.25, 0.3) is 0 Å². The van der Waals surface area contributed by atoms with Gasteiger partial charge in [0.25, 0.3) is 0 Å². The lowest BCUT2D eigenvalue weighted by atomic mass is 10.0. The normalized spacial score (nSPS) is 12.5. The zero-order valence-corrected chi connectivity index (χ0v) is 12.3. The summed E-state index contributed by atoms with van der Waals surface area (Å²) in [4.78, 5) is 13.8. The third-order valence-corrected chi connectivity index (χ3v) is 3.55. The number of nitrogens with zero attached hydrogens (tertiary/aromatic N) is 1. The lowest BCUT2D eigenvalue weighted by Crippen LogP contribution is -2.34. The predicted molar refractivity (Wildman–Crippen MR) is 79.8 cm³/mol. The average molecular weight is 262 g/mol. The van der Waals surface area contributed by atoms with Crippen LogP contribution in [0.4, 0.5) is 0 Å². The van der Waals surface area contributed by atoms with Gasteiger partial charge in [-0.15, -0.1) is 0 Å². The van der Waals surface area contributed by atoms with Gasteiger partial charge in [0, 0.05) is 26.1 Å². The first-order valence-corrected chi connectivity index (χ1v) is 7.04. The highest BCUT2D eigenvalue weighted by atomic mass is 16.2. The van der Waals surface area contributed by atoms with Crippen LogP contribution < -0.4 is 5.73 Å². The molecule has 106 valence electrons. The molecule has 3 heteroatoms. The Hall–Kier alpha value is -1.35. The molecule has 1 unspecified atom stereocenters. The van der Waals surface area contributed by atoms with E-state index in [4.69, 9.17) is 5.73 Å². The van der Waals surface area contributed by atoms with Crippen LogP contribution in [-0.2, 0) is 11.2 Å². The maximum absolute atomic E-state index is 12.0. The molecule has 1 aromatic rings. The fourth-order valence-electron chi connectivity index (χ4n) is 1.89. The number of nitrogens with two attached hydrogens (primary N) is 1. The molecule has 1 atom stereocenters. The molecule has 0 fully saturated rings. The maximum atomic E-state index is 12.0. The Balaban J connectivity index is 2.29. The van der Waals surface area contributed by atoms with Crippen LogP contribution in [0.1, 0.15) is 32.3 Å². The van der Waals surface area contributed by atoms with E-state index in [0.29, 0.717) is 12.3 Å².